The molecule has 0 unspecified atom stereocenters. The molecule has 2 aromatic rings. The number of primary amides is 1. The van der Waals surface area contributed by atoms with Crippen molar-refractivity contribution in [3.63, 3.8) is 0 Å². The molecule has 0 radical (unpaired) electrons. The number of amides is 1. The summed E-state index contributed by atoms with van der Waals surface area (Å²) in [5, 5.41) is 0. The Morgan fingerprint density at radius 2 is 1.82 bits per heavy atom. The van der Waals surface area contributed by atoms with Gasteiger partial charge < -0.3 is 11.5 Å². The van der Waals surface area contributed by atoms with Gasteiger partial charge in [0.25, 0.3) is 5.91 Å². The number of nitrogen functional groups attached to an aromatic ring is 1. The molecular formula is C13H11FN2O. The van der Waals surface area contributed by atoms with Crippen LogP contribution in [0.3, 0.4) is 0 Å². The number of halogens is 1. The first-order valence-electron chi connectivity index (χ1n) is 5.04. The molecule has 86 valence electrons. The van der Waals surface area contributed by atoms with E-state index >= 15 is 0 Å². The highest BCUT2D eigenvalue weighted by Gasteiger charge is 2.13. The van der Waals surface area contributed by atoms with E-state index in [0.29, 0.717) is 16.8 Å². The lowest BCUT2D eigenvalue weighted by Crippen LogP contribution is -2.14. The van der Waals surface area contributed by atoms with Crippen LogP contribution in [0.15, 0.2) is 42.5 Å². The lowest BCUT2D eigenvalue weighted by atomic mass is 9.98. The number of carbonyl (C=O) groups excluding carboxylic acids is 1. The van der Waals surface area contributed by atoms with Gasteiger partial charge in [0.2, 0.25) is 0 Å². The predicted octanol–water partition coefficient (Wildman–Crippen LogP) is 2.17. The van der Waals surface area contributed by atoms with E-state index in [4.69, 9.17) is 11.5 Å². The zero-order valence-corrected chi connectivity index (χ0v) is 8.98. The fourth-order valence-corrected chi connectivity index (χ4v) is 1.74. The quantitative estimate of drug-likeness (QED) is 0.776. The summed E-state index contributed by atoms with van der Waals surface area (Å²) in [6, 6.07) is 10.9. The van der Waals surface area contributed by atoms with Crippen LogP contribution in [0.2, 0.25) is 0 Å². The topological polar surface area (TPSA) is 69.1 Å². The van der Waals surface area contributed by atoms with Gasteiger partial charge in [-0.1, -0.05) is 24.3 Å². The van der Waals surface area contributed by atoms with Crippen molar-refractivity contribution in [2.75, 3.05) is 5.73 Å². The van der Waals surface area contributed by atoms with Crippen LogP contribution in [-0.2, 0) is 0 Å². The summed E-state index contributed by atoms with van der Waals surface area (Å²) >= 11 is 0. The first-order valence-corrected chi connectivity index (χ1v) is 5.04. The van der Waals surface area contributed by atoms with Crippen LogP contribution >= 0.6 is 0 Å². The van der Waals surface area contributed by atoms with Crippen LogP contribution in [0, 0.1) is 5.82 Å². The van der Waals surface area contributed by atoms with Gasteiger partial charge in [0.1, 0.15) is 5.82 Å². The summed E-state index contributed by atoms with van der Waals surface area (Å²) in [4.78, 5) is 11.3. The smallest absolute Gasteiger partial charge is 0.251 e. The minimum Gasteiger partial charge on any atom is -0.398 e. The predicted molar refractivity (Wildman–Crippen MR) is 64.8 cm³/mol. The molecule has 2 aromatic carbocycles. The van der Waals surface area contributed by atoms with Crippen LogP contribution in [-0.4, -0.2) is 5.91 Å². The average molecular weight is 230 g/mol. The number of nitrogens with two attached hydrogens (primary N) is 2. The zero-order chi connectivity index (χ0) is 12.4. The number of anilines is 1. The van der Waals surface area contributed by atoms with Gasteiger partial charge in [0.05, 0.1) is 5.56 Å². The van der Waals surface area contributed by atoms with Crippen molar-refractivity contribution in [3.05, 3.63) is 53.8 Å². The summed E-state index contributed by atoms with van der Waals surface area (Å²) in [5.41, 5.74) is 12.6. The minimum atomic E-state index is -0.623. The highest BCUT2D eigenvalue weighted by Crippen LogP contribution is 2.27. The molecule has 4 heteroatoms. The Hall–Kier alpha value is -2.36. The Kier molecular flexibility index (Phi) is 2.78. The van der Waals surface area contributed by atoms with Gasteiger partial charge in [0.15, 0.2) is 0 Å². The van der Waals surface area contributed by atoms with Gasteiger partial charge >= 0.3 is 0 Å². The number of hydrogen-bond acceptors (Lipinski definition) is 2. The maximum absolute atomic E-state index is 13.1. The van der Waals surface area contributed by atoms with Crippen molar-refractivity contribution < 1.29 is 9.18 Å². The van der Waals surface area contributed by atoms with E-state index in [1.165, 1.54) is 12.1 Å². The van der Waals surface area contributed by atoms with E-state index in [0.717, 1.165) is 0 Å². The largest absolute Gasteiger partial charge is 0.398 e. The molecule has 2 rings (SSSR count). The average Bonchev–Trinajstić information content (AvgIpc) is 2.28. The number of hydrogen-bond donors (Lipinski definition) is 2. The lowest BCUT2D eigenvalue weighted by molar-refractivity contribution is 0.100. The monoisotopic (exact) mass is 230 g/mol. The molecular weight excluding hydrogens is 219 g/mol. The summed E-state index contributed by atoms with van der Waals surface area (Å²) in [6.07, 6.45) is 0. The Bertz CT molecular complexity index is 581. The third-order valence-corrected chi connectivity index (χ3v) is 2.48. The Morgan fingerprint density at radius 3 is 2.47 bits per heavy atom. The Labute approximate surface area is 97.9 Å². The second-order valence-corrected chi connectivity index (χ2v) is 3.64. The Morgan fingerprint density at radius 1 is 1.12 bits per heavy atom. The molecule has 0 aromatic heterocycles. The van der Waals surface area contributed by atoms with Gasteiger partial charge in [-0.15, -0.1) is 0 Å². The molecule has 1 amide bonds. The van der Waals surface area contributed by atoms with Gasteiger partial charge in [-0.05, 0) is 29.3 Å². The molecule has 0 spiro atoms. The van der Waals surface area contributed by atoms with Gasteiger partial charge in [-0.2, -0.15) is 0 Å². The van der Waals surface area contributed by atoms with Crippen molar-refractivity contribution in [1.82, 2.24) is 0 Å². The third-order valence-electron chi connectivity index (χ3n) is 2.48. The number of rotatable bonds is 2. The first kappa shape index (κ1) is 11.1. The van der Waals surface area contributed by atoms with E-state index in [2.05, 4.69) is 0 Å². The molecule has 17 heavy (non-hydrogen) atoms. The van der Waals surface area contributed by atoms with Gasteiger partial charge in [-0.3, -0.25) is 4.79 Å². The van der Waals surface area contributed by atoms with Crippen LogP contribution in [0.4, 0.5) is 10.1 Å². The van der Waals surface area contributed by atoms with Gasteiger partial charge in [0, 0.05) is 5.69 Å². The maximum Gasteiger partial charge on any atom is 0.251 e. The summed E-state index contributed by atoms with van der Waals surface area (Å²) in [5.74, 6) is -0.997. The van der Waals surface area contributed by atoms with E-state index in [-0.39, 0.29) is 11.4 Å². The van der Waals surface area contributed by atoms with Crippen molar-refractivity contribution in [3.8, 4) is 11.1 Å². The Balaban J connectivity index is 2.67. The molecule has 0 aliphatic carbocycles. The second-order valence-electron chi connectivity index (χ2n) is 3.64. The molecule has 0 saturated heterocycles. The highest BCUT2D eigenvalue weighted by atomic mass is 19.1. The van der Waals surface area contributed by atoms with Crippen LogP contribution < -0.4 is 11.5 Å². The van der Waals surface area contributed by atoms with Crippen molar-refractivity contribution in [2.45, 2.75) is 0 Å². The van der Waals surface area contributed by atoms with Crippen LogP contribution in [0.5, 0.6) is 0 Å². The van der Waals surface area contributed by atoms with Crippen molar-refractivity contribution in [2.24, 2.45) is 5.73 Å². The lowest BCUT2D eigenvalue weighted by Gasteiger charge is -2.09. The van der Waals surface area contributed by atoms with Crippen molar-refractivity contribution >= 4 is 11.6 Å². The molecule has 4 N–H and O–H groups in total. The maximum atomic E-state index is 13.1. The standard InChI is InChI=1S/C13H11FN2O/c14-9-4-1-3-8(7-9)10-5-2-6-11(15)12(10)13(16)17/h1-7H,15H2,(H2,16,17). The zero-order valence-electron chi connectivity index (χ0n) is 8.98. The van der Waals surface area contributed by atoms with Crippen LogP contribution in [0.1, 0.15) is 10.4 Å². The SMILES string of the molecule is NC(=O)c1c(N)cccc1-c1cccc(F)c1. The summed E-state index contributed by atoms with van der Waals surface area (Å²) in [7, 11) is 0. The minimum absolute atomic E-state index is 0.220. The van der Waals surface area contributed by atoms with Crippen molar-refractivity contribution in [1.29, 1.82) is 0 Å². The number of carbonyl (C=O) groups is 1. The fraction of sp³-hybridized carbons (Fsp3) is 0. The normalized spacial score (nSPS) is 10.2. The molecule has 3 nitrogen and oxygen atoms in total. The summed E-state index contributed by atoms with van der Waals surface area (Å²) < 4.78 is 13.1. The van der Waals surface area contributed by atoms with Gasteiger partial charge in [-0.25, -0.2) is 4.39 Å². The summed E-state index contributed by atoms with van der Waals surface area (Å²) in [6.45, 7) is 0. The fourth-order valence-electron chi connectivity index (χ4n) is 1.74. The van der Waals surface area contributed by atoms with E-state index in [1.807, 2.05) is 0 Å². The molecule has 0 fully saturated rings. The molecule has 0 atom stereocenters. The molecule has 0 heterocycles. The van der Waals surface area contributed by atoms with Crippen LogP contribution in [0.25, 0.3) is 11.1 Å². The molecule has 0 bridgehead atoms. The first-order chi connectivity index (χ1) is 8.09. The molecule has 0 aliphatic heterocycles. The van der Waals surface area contributed by atoms with E-state index < -0.39 is 5.91 Å². The second kappa shape index (κ2) is 4.25. The van der Waals surface area contributed by atoms with E-state index in [9.17, 15) is 9.18 Å². The molecule has 0 saturated carbocycles. The highest BCUT2D eigenvalue weighted by molar-refractivity contribution is 6.04. The van der Waals surface area contributed by atoms with E-state index in [1.54, 1.807) is 30.3 Å². The third kappa shape index (κ3) is 2.10. The molecule has 0 aliphatic rings. The number of benzene rings is 2.